The summed E-state index contributed by atoms with van der Waals surface area (Å²) in [5.41, 5.74) is 0. The van der Waals surface area contributed by atoms with Crippen LogP contribution in [0.4, 0.5) is 7.77 Å². The largest absolute Gasteiger partial charge is 0.169 e. The van der Waals surface area contributed by atoms with Crippen LogP contribution in [0.1, 0.15) is 12.8 Å². The predicted octanol–water partition coefficient (Wildman–Crippen LogP) is 4.00. The summed E-state index contributed by atoms with van der Waals surface area (Å²) in [5, 5.41) is 0. The third-order valence-corrected chi connectivity index (χ3v) is 4.19. The Morgan fingerprint density at radius 1 is 1.45 bits per heavy atom. The second-order valence-corrected chi connectivity index (χ2v) is 10.5. The van der Waals surface area contributed by atoms with Crippen molar-refractivity contribution in [3.63, 3.8) is 0 Å². The Kier molecular flexibility index (Phi) is 2.18. The van der Waals surface area contributed by atoms with Gasteiger partial charge < -0.3 is 0 Å². The predicted molar refractivity (Wildman–Crippen MR) is 52.5 cm³/mol. The van der Waals surface area contributed by atoms with Crippen LogP contribution in [0.15, 0.2) is 23.1 Å². The van der Waals surface area contributed by atoms with Crippen LogP contribution in [-0.4, -0.2) is 6.26 Å². The first kappa shape index (κ1) is 9.26. The van der Waals surface area contributed by atoms with Crippen molar-refractivity contribution in [2.24, 2.45) is 0 Å². The molecule has 0 saturated heterocycles. The topological polar surface area (TPSA) is 0 Å². The van der Waals surface area contributed by atoms with Crippen LogP contribution in [-0.2, 0) is 0 Å². The van der Waals surface area contributed by atoms with Crippen molar-refractivity contribution in [3.05, 3.63) is 23.1 Å². The van der Waals surface area contributed by atoms with Crippen LogP contribution < -0.4 is 0 Å². The molecule has 0 heterocycles. The van der Waals surface area contributed by atoms with Gasteiger partial charge in [-0.2, -0.15) is 7.77 Å². The molecular formula is C7H11BrF2S. The summed E-state index contributed by atoms with van der Waals surface area (Å²) in [6.07, 6.45) is 7.54. The molecule has 0 saturated carbocycles. The van der Waals surface area contributed by atoms with Gasteiger partial charge in [0.1, 0.15) is 0 Å². The van der Waals surface area contributed by atoms with Gasteiger partial charge in [0.25, 0.3) is 0 Å². The zero-order valence-corrected chi connectivity index (χ0v) is 8.71. The number of hydrogen-bond acceptors (Lipinski definition) is 0. The Morgan fingerprint density at radius 3 is 2.36 bits per heavy atom. The summed E-state index contributed by atoms with van der Waals surface area (Å²) < 4.78 is 26.4. The minimum absolute atomic E-state index is 0.183. The summed E-state index contributed by atoms with van der Waals surface area (Å²) in [7, 11) is -4.63. The van der Waals surface area contributed by atoms with Crippen molar-refractivity contribution in [1.82, 2.24) is 0 Å². The molecule has 0 aliphatic heterocycles. The van der Waals surface area contributed by atoms with Gasteiger partial charge in [-0.1, -0.05) is 18.2 Å². The molecule has 0 nitrogen and oxygen atoms in total. The van der Waals surface area contributed by atoms with E-state index in [2.05, 4.69) is 14.8 Å². The Labute approximate surface area is 73.4 Å². The second kappa shape index (κ2) is 2.59. The molecular weight excluding hydrogens is 234 g/mol. The van der Waals surface area contributed by atoms with Gasteiger partial charge >= 0.3 is 0 Å². The zero-order valence-electron chi connectivity index (χ0n) is 6.23. The van der Waals surface area contributed by atoms with Gasteiger partial charge in [0.2, 0.25) is 0 Å². The molecule has 0 unspecified atom stereocenters. The molecule has 66 valence electrons. The molecule has 1 aliphatic rings. The van der Waals surface area contributed by atoms with Crippen LogP contribution in [0, 0.1) is 0 Å². The van der Waals surface area contributed by atoms with E-state index in [1.807, 2.05) is 0 Å². The molecule has 0 radical (unpaired) electrons. The molecule has 4 heteroatoms. The van der Waals surface area contributed by atoms with Crippen molar-refractivity contribution < 1.29 is 7.77 Å². The Bertz CT molecular complexity index is 215. The van der Waals surface area contributed by atoms with Gasteiger partial charge in [0.15, 0.2) is 0 Å². The molecule has 0 bridgehead atoms. The van der Waals surface area contributed by atoms with Crippen molar-refractivity contribution in [3.8, 4) is 0 Å². The van der Waals surface area contributed by atoms with E-state index in [-0.39, 0.29) is 4.91 Å². The number of halogens is 3. The van der Waals surface area contributed by atoms with Gasteiger partial charge in [-0.05, 0) is 12.8 Å². The highest BCUT2D eigenvalue weighted by Crippen LogP contribution is 2.82. The van der Waals surface area contributed by atoms with E-state index in [4.69, 9.17) is 0 Å². The molecule has 11 heavy (non-hydrogen) atoms. The van der Waals surface area contributed by atoms with E-state index in [9.17, 15) is 7.77 Å². The van der Waals surface area contributed by atoms with Crippen LogP contribution in [0.25, 0.3) is 0 Å². The first-order valence-electron chi connectivity index (χ1n) is 3.41. The molecule has 0 aromatic heterocycles. The van der Waals surface area contributed by atoms with Crippen LogP contribution in [0.3, 0.4) is 0 Å². The first-order chi connectivity index (χ1) is 4.86. The maximum absolute atomic E-state index is 13.2. The maximum Gasteiger partial charge on any atom is 0.0271 e. The highest BCUT2D eigenvalue weighted by Gasteiger charge is 2.33. The maximum atomic E-state index is 13.2. The smallest absolute Gasteiger partial charge is 0.0271 e. The van der Waals surface area contributed by atoms with Crippen molar-refractivity contribution in [2.75, 3.05) is 6.26 Å². The number of allylic oxidation sites excluding steroid dienone is 3. The minimum Gasteiger partial charge on any atom is -0.169 e. The van der Waals surface area contributed by atoms with E-state index < -0.39 is 8.37 Å². The van der Waals surface area contributed by atoms with E-state index >= 15 is 0 Å². The number of rotatable bonds is 1. The minimum atomic E-state index is -4.63. The first-order valence-corrected chi connectivity index (χ1v) is 7.89. The summed E-state index contributed by atoms with van der Waals surface area (Å²) in [6, 6.07) is 0. The number of hydrogen-bond donors (Lipinski definition) is 1. The van der Waals surface area contributed by atoms with Crippen LogP contribution >= 0.6 is 23.2 Å². The van der Waals surface area contributed by atoms with Crippen molar-refractivity contribution in [2.45, 2.75) is 12.8 Å². The van der Waals surface area contributed by atoms with E-state index in [0.29, 0.717) is 0 Å². The fourth-order valence-corrected chi connectivity index (χ4v) is 2.68. The summed E-state index contributed by atoms with van der Waals surface area (Å²) in [4.78, 5) is 0.183. The fraction of sp³-hybridized carbons (Fsp3) is 0.429. The van der Waals surface area contributed by atoms with Crippen LogP contribution in [0.2, 0.25) is 0 Å². The van der Waals surface area contributed by atoms with Crippen molar-refractivity contribution in [1.29, 1.82) is 0 Å². The van der Waals surface area contributed by atoms with Gasteiger partial charge in [-0.3, -0.25) is 0 Å². The second-order valence-electron chi connectivity index (χ2n) is 2.78. The standard InChI is InChI=1S/C7H11BrF2S/c1-11(8,9,10)7-5-3-2-4-6-7/h3,5-6,11H,2,4H2,1H3. The van der Waals surface area contributed by atoms with Crippen LogP contribution in [0.5, 0.6) is 0 Å². The Hall–Kier alpha value is 0.170. The third kappa shape index (κ3) is 2.60. The highest BCUT2D eigenvalue weighted by molar-refractivity contribution is 9.61. The molecule has 0 spiro atoms. The molecule has 1 aliphatic carbocycles. The normalized spacial score (nSPS) is 22.2. The highest BCUT2D eigenvalue weighted by atomic mass is 79.9. The lowest BCUT2D eigenvalue weighted by molar-refractivity contribution is 0.759. The van der Waals surface area contributed by atoms with E-state index in [1.54, 1.807) is 12.2 Å². The van der Waals surface area contributed by atoms with Crippen molar-refractivity contribution >= 4 is 23.2 Å². The molecule has 0 atom stereocenters. The molecule has 1 rings (SSSR count). The molecule has 0 fully saturated rings. The Balaban J connectivity index is 2.92. The SMILES string of the molecule is C[SH](F)(F)(Br)C1=CCCC=C1. The lowest BCUT2D eigenvalue weighted by Gasteiger charge is -2.37. The molecule has 0 amide bonds. The average molecular weight is 245 g/mol. The summed E-state index contributed by atoms with van der Waals surface area (Å²) >= 11 is 2.52. The lowest BCUT2D eigenvalue weighted by Crippen LogP contribution is -1.97. The summed E-state index contributed by atoms with van der Waals surface area (Å²) in [6.45, 7) is 0. The molecule has 0 N–H and O–H groups in total. The van der Waals surface area contributed by atoms with E-state index in [1.165, 1.54) is 6.08 Å². The zero-order chi connectivity index (χ0) is 8.56. The number of thiol groups is 1. The van der Waals surface area contributed by atoms with Gasteiger partial charge in [0, 0.05) is 34.3 Å². The fourth-order valence-electron chi connectivity index (χ4n) is 0.953. The molecule has 0 aromatic carbocycles. The third-order valence-electron chi connectivity index (χ3n) is 1.53. The average Bonchev–Trinajstić information content (AvgIpc) is 1.86. The van der Waals surface area contributed by atoms with Gasteiger partial charge in [-0.25, -0.2) is 0 Å². The van der Waals surface area contributed by atoms with Gasteiger partial charge in [-0.15, -0.1) is 0 Å². The lowest BCUT2D eigenvalue weighted by atomic mass is 10.2. The monoisotopic (exact) mass is 244 g/mol. The Morgan fingerprint density at radius 2 is 2.09 bits per heavy atom. The van der Waals surface area contributed by atoms with E-state index in [0.717, 1.165) is 19.1 Å². The van der Waals surface area contributed by atoms with Gasteiger partial charge in [0.05, 0.1) is 0 Å². The quantitative estimate of drug-likeness (QED) is 0.663. The summed E-state index contributed by atoms with van der Waals surface area (Å²) in [5.74, 6) is 0. The molecule has 0 aromatic rings.